The van der Waals surface area contributed by atoms with Crippen LogP contribution in [0.5, 0.6) is 5.75 Å². The number of ether oxygens (including phenoxy) is 1. The Hall–Kier alpha value is -0.700. The number of benzene rings is 1. The van der Waals surface area contributed by atoms with E-state index in [1.807, 2.05) is 0 Å². The second kappa shape index (κ2) is 10.6. The number of hydrogen-bond acceptors (Lipinski definition) is 8. The van der Waals surface area contributed by atoms with Crippen LogP contribution in [0, 0.1) is 11.7 Å². The number of halogens is 1. The van der Waals surface area contributed by atoms with Crippen molar-refractivity contribution in [3.05, 3.63) is 33.9 Å². The van der Waals surface area contributed by atoms with Gasteiger partial charge < -0.3 is 28.7 Å². The molecule has 14 heteroatoms. The van der Waals surface area contributed by atoms with Crippen LogP contribution in [-0.2, 0) is 10.3 Å². The Bertz CT molecular complexity index is 1440. The molecule has 1 aromatic heterocycles. The van der Waals surface area contributed by atoms with Crippen molar-refractivity contribution in [1.29, 1.82) is 0 Å². The molecule has 2 aliphatic heterocycles. The number of carboxylic acid groups (broad SMARTS) is 1. The van der Waals surface area contributed by atoms with Gasteiger partial charge in [0.2, 0.25) is 0 Å². The average molecular weight is 529 g/mol. The molecule has 35 heavy (non-hydrogen) atoms. The van der Waals surface area contributed by atoms with Crippen LogP contribution >= 0.6 is 0 Å². The van der Waals surface area contributed by atoms with Crippen molar-refractivity contribution in [2.45, 2.75) is 37.8 Å². The first-order valence-corrected chi connectivity index (χ1v) is 11.9. The predicted octanol–water partition coefficient (Wildman–Crippen LogP) is -5.78. The van der Waals surface area contributed by atoms with Crippen molar-refractivity contribution in [1.82, 2.24) is 8.87 Å². The van der Waals surface area contributed by atoms with E-state index in [2.05, 4.69) is 0 Å². The Morgan fingerprint density at radius 2 is 1.97 bits per heavy atom. The molecule has 2 saturated heterocycles. The number of hydrogen-bond donors (Lipinski definition) is 0. The molecule has 0 spiro atoms. The molecule has 0 amide bonds. The van der Waals surface area contributed by atoms with E-state index in [1.165, 1.54) is 9.47 Å². The molecule has 0 bridgehead atoms. The van der Waals surface area contributed by atoms with Gasteiger partial charge in [0.05, 0.1) is 33.6 Å². The maximum atomic E-state index is 15.7. The van der Waals surface area contributed by atoms with E-state index in [1.54, 1.807) is 0 Å². The molecule has 10 nitrogen and oxygen atoms in total. The fourth-order valence-corrected chi connectivity index (χ4v) is 6.14. The van der Waals surface area contributed by atoms with Gasteiger partial charge in [0.1, 0.15) is 5.69 Å². The van der Waals surface area contributed by atoms with Gasteiger partial charge in [-0.05, 0) is 37.7 Å². The number of fused-ring (bicyclic) bond motifs is 2. The number of aromatic nitrogens is 1. The van der Waals surface area contributed by atoms with Gasteiger partial charge in [0, 0.05) is 37.9 Å². The fourth-order valence-electron chi connectivity index (χ4n) is 5.22. The molecular weight excluding hydrogens is 504 g/mol. The number of carbonyl (C=O) groups is 1. The van der Waals surface area contributed by atoms with Crippen LogP contribution in [-0.4, -0.2) is 60.5 Å². The third-order valence-corrected chi connectivity index (χ3v) is 7.82. The van der Waals surface area contributed by atoms with Crippen molar-refractivity contribution < 1.29 is 95.2 Å². The van der Waals surface area contributed by atoms with Gasteiger partial charge in [-0.2, -0.15) is 0 Å². The topological polar surface area (TPSA) is 135 Å². The molecule has 3 aliphatic rings. The van der Waals surface area contributed by atoms with E-state index in [4.69, 9.17) is 8.85 Å². The van der Waals surface area contributed by atoms with Gasteiger partial charge in [0.15, 0.2) is 27.3 Å². The Kier molecular flexibility index (Phi) is 7.45. The molecule has 1 saturated carbocycles. The molecule has 2 atom stereocenters. The van der Waals surface area contributed by atoms with Crippen molar-refractivity contribution in [2.24, 2.45) is 5.92 Å². The molecule has 2 aromatic rings. The minimum absolute atomic E-state index is 0. The normalized spacial score (nSPS) is 23.9. The first-order valence-electron chi connectivity index (χ1n) is 12.1. The summed E-state index contributed by atoms with van der Waals surface area (Å²) in [7, 11) is -7.81. The fraction of sp³-hybridized carbons (Fsp3) is 0.524. The summed E-state index contributed by atoms with van der Waals surface area (Å²) < 4.78 is 81.6. The van der Waals surface area contributed by atoms with Crippen LogP contribution in [0.4, 0.5) is 10.1 Å². The molecule has 1 aromatic carbocycles. The quantitative estimate of drug-likeness (QED) is 0.213. The van der Waals surface area contributed by atoms with Crippen LogP contribution in [0.15, 0.2) is 17.1 Å². The van der Waals surface area contributed by atoms with E-state index in [9.17, 15) is 27.7 Å². The van der Waals surface area contributed by atoms with Crippen molar-refractivity contribution in [2.75, 3.05) is 31.6 Å². The number of piperidine rings is 1. The Morgan fingerprint density at radius 3 is 2.57 bits per heavy atom. The Balaban J connectivity index is 0.00000200. The number of pyridine rings is 1. The largest absolute Gasteiger partial charge is 1.00 e. The number of nitrogens with zero attached hydrogens (tertiary/aromatic N) is 3. The first kappa shape index (κ1) is 24.6. The maximum absolute atomic E-state index is 15.7. The summed E-state index contributed by atoms with van der Waals surface area (Å²) in [5.41, 5.74) is -2.08. The minimum atomic E-state index is -4.76. The summed E-state index contributed by atoms with van der Waals surface area (Å²) in [6, 6.07) is -0.150. The molecule has 1 aliphatic carbocycles. The first-order chi connectivity index (χ1) is 16.8. The maximum Gasteiger partial charge on any atom is 1.00 e. The molecule has 0 N–H and O–H groups in total. The van der Waals surface area contributed by atoms with E-state index < -0.39 is 51.9 Å². The summed E-state index contributed by atoms with van der Waals surface area (Å²) in [5, 5.41) is 11.2. The summed E-state index contributed by atoms with van der Waals surface area (Å²) in [6.45, 7) is 0.0743. The van der Waals surface area contributed by atoms with Crippen molar-refractivity contribution >= 4 is 32.9 Å². The summed E-state index contributed by atoms with van der Waals surface area (Å²) >= 11 is 0. The second-order valence-corrected chi connectivity index (χ2v) is 10.1. The van der Waals surface area contributed by atoms with E-state index in [0.29, 0.717) is 25.7 Å². The predicted molar refractivity (Wildman–Crippen MR) is 112 cm³/mol. The molecule has 3 heterocycles. The van der Waals surface area contributed by atoms with Gasteiger partial charge >= 0.3 is 59.1 Å². The summed E-state index contributed by atoms with van der Waals surface area (Å²) in [4.78, 5) is 25.9. The number of carbonyl (C=O) groups excluding carboxylic acids is 1. The SMILES string of the molecule is [2H][13C]([2H])([2H])Oc1c(N2C[C@@H]3CCCN(S(=O)(=O)[O-])[C@@H]3C2)c(F)cc2c(=O)c(C(=O)[O-])cn(C3CC3)c12.[Na+].[Na+]. The minimum Gasteiger partial charge on any atom is -0.735 e. The van der Waals surface area contributed by atoms with Crippen molar-refractivity contribution in [3.63, 3.8) is 0 Å². The van der Waals surface area contributed by atoms with Crippen LogP contribution in [0.3, 0.4) is 0 Å². The van der Waals surface area contributed by atoms with Crippen LogP contribution in [0.25, 0.3) is 10.9 Å². The smallest absolute Gasteiger partial charge is 0.735 e. The molecule has 5 rings (SSSR count). The molecule has 0 radical (unpaired) electrons. The summed E-state index contributed by atoms with van der Waals surface area (Å²) in [5.74, 6) is -3.55. The second-order valence-electron chi connectivity index (χ2n) is 8.78. The monoisotopic (exact) mass is 529 g/mol. The van der Waals surface area contributed by atoms with E-state index in [-0.39, 0.29) is 107 Å². The van der Waals surface area contributed by atoms with Gasteiger partial charge in [0.25, 0.3) is 0 Å². The molecule has 0 unspecified atom stereocenters. The van der Waals surface area contributed by atoms with Gasteiger partial charge in [-0.25, -0.2) is 17.1 Å². The number of rotatable bonds is 5. The summed E-state index contributed by atoms with van der Waals surface area (Å²) in [6.07, 6.45) is 3.33. The average Bonchev–Trinajstić information content (AvgIpc) is 3.50. The van der Waals surface area contributed by atoms with E-state index >= 15 is 4.39 Å². The van der Waals surface area contributed by atoms with Crippen LogP contribution in [0.1, 0.15) is 46.2 Å². The standard InChI is InChI=1S/C21H24FN3O7S.2Na/c1-32-20-17-13(19(26)14(21(27)28)9-24(17)12-4-5-12)7-15(22)18(20)23-8-11-3-2-6-25(16(11)10-23)33(29,30)31;;/h7,9,11-12,16H,2-6,8,10H2,1H3,(H,27,28)(H,29,30,31);;/q;2*+1/p-2/t11-,16+;;/m0../s1/i1+1D3;;. The number of methoxy groups -OCH3 is 1. The molecule has 178 valence electrons. The number of carboxylic acids is 1. The van der Waals surface area contributed by atoms with Gasteiger partial charge in [-0.1, -0.05) is 0 Å². The molecular formula is C21H22FN3Na2O7S. The zero-order valence-corrected chi connectivity index (χ0v) is 24.1. The number of aromatic carboxylic acids is 1. The number of anilines is 1. The van der Waals surface area contributed by atoms with Crippen molar-refractivity contribution in [3.8, 4) is 5.75 Å². The third kappa shape index (κ3) is 5.06. The van der Waals surface area contributed by atoms with E-state index in [0.717, 1.165) is 16.6 Å². The van der Waals surface area contributed by atoms with Gasteiger partial charge in [-0.15, -0.1) is 0 Å². The zero-order chi connectivity index (χ0) is 26.2. The zero-order valence-electron chi connectivity index (χ0n) is 22.3. The van der Waals surface area contributed by atoms with Gasteiger partial charge in [-0.3, -0.25) is 4.79 Å². The third-order valence-electron chi connectivity index (χ3n) is 6.79. The van der Waals surface area contributed by atoms with Crippen LogP contribution < -0.4 is 79.3 Å². The molecule has 3 fully saturated rings. The Morgan fingerprint density at radius 1 is 1.26 bits per heavy atom. The van der Waals surface area contributed by atoms with Crippen LogP contribution in [0.2, 0.25) is 0 Å². The Labute approximate surface area is 250 Å².